The van der Waals surface area contributed by atoms with Gasteiger partial charge in [0.25, 0.3) is 0 Å². The number of aromatic nitrogens is 4. The van der Waals surface area contributed by atoms with Gasteiger partial charge in [0, 0.05) is 29.7 Å². The summed E-state index contributed by atoms with van der Waals surface area (Å²) >= 11 is 0. The fraction of sp³-hybridized carbons (Fsp3) is 0.133. The Hall–Kier alpha value is -3.13. The molecule has 3 rings (SSSR count). The number of pyridine rings is 2. The number of hydrogen-bond donors (Lipinski definition) is 4. The van der Waals surface area contributed by atoms with Crippen molar-refractivity contribution in [3.63, 3.8) is 0 Å². The van der Waals surface area contributed by atoms with Crippen molar-refractivity contribution >= 4 is 17.3 Å². The Balaban J connectivity index is 0.000000185. The Kier molecular flexibility index (Phi) is 5.48. The van der Waals surface area contributed by atoms with Gasteiger partial charge in [0.05, 0.1) is 25.0 Å². The van der Waals surface area contributed by atoms with Crippen molar-refractivity contribution in [1.82, 2.24) is 19.7 Å². The van der Waals surface area contributed by atoms with E-state index in [0.717, 1.165) is 5.56 Å². The number of nitrogen functional groups attached to an aromatic ring is 3. The molecule has 0 bridgehead atoms. The van der Waals surface area contributed by atoms with Crippen molar-refractivity contribution in [2.45, 2.75) is 13.2 Å². The minimum absolute atomic E-state index is 0.0420. The highest BCUT2D eigenvalue weighted by molar-refractivity contribution is 5.39. The zero-order chi connectivity index (χ0) is 16.7. The van der Waals surface area contributed by atoms with E-state index in [0.29, 0.717) is 29.4 Å². The largest absolute Gasteiger partial charge is 0.396 e. The van der Waals surface area contributed by atoms with E-state index in [9.17, 15) is 0 Å². The van der Waals surface area contributed by atoms with E-state index in [-0.39, 0.29) is 6.61 Å². The standard InChI is InChI=1S/C9H11N5.C6H8N2O/c10-8-4-13-14(6-8)5-7-2-1-3-12-9(7)11;7-6-5(4-9)2-1-3-8-6/h1-4,6H,5,10H2,(H2,11,12);1-3,9H,4H2,(H2,7,8). The lowest BCUT2D eigenvalue weighted by molar-refractivity contribution is 0.282. The molecule has 120 valence electrons. The summed E-state index contributed by atoms with van der Waals surface area (Å²) in [5.74, 6) is 0.932. The summed E-state index contributed by atoms with van der Waals surface area (Å²) in [7, 11) is 0. The number of nitrogens with zero attached hydrogens (tertiary/aromatic N) is 4. The van der Waals surface area contributed by atoms with Crippen LogP contribution < -0.4 is 17.2 Å². The van der Waals surface area contributed by atoms with Crippen LogP contribution in [0, 0.1) is 0 Å². The quantitative estimate of drug-likeness (QED) is 0.556. The third kappa shape index (κ3) is 4.68. The van der Waals surface area contributed by atoms with Gasteiger partial charge in [0.1, 0.15) is 11.6 Å². The van der Waals surface area contributed by atoms with Crippen molar-refractivity contribution in [3.8, 4) is 0 Å². The lowest BCUT2D eigenvalue weighted by Crippen LogP contribution is -2.04. The van der Waals surface area contributed by atoms with Gasteiger partial charge < -0.3 is 22.3 Å². The Morgan fingerprint density at radius 1 is 0.957 bits per heavy atom. The molecule has 8 nitrogen and oxygen atoms in total. The average molecular weight is 313 g/mol. The molecule has 0 amide bonds. The molecule has 8 heteroatoms. The number of hydrogen-bond acceptors (Lipinski definition) is 7. The van der Waals surface area contributed by atoms with E-state index in [2.05, 4.69) is 15.1 Å². The van der Waals surface area contributed by atoms with Crippen LogP contribution in [0.15, 0.2) is 49.1 Å². The normalized spacial score (nSPS) is 9.96. The summed E-state index contributed by atoms with van der Waals surface area (Å²) in [6.45, 7) is 0.552. The predicted molar refractivity (Wildman–Crippen MR) is 89.0 cm³/mol. The molecule has 0 saturated heterocycles. The molecule has 0 aliphatic rings. The van der Waals surface area contributed by atoms with E-state index < -0.39 is 0 Å². The van der Waals surface area contributed by atoms with Crippen LogP contribution in [0.25, 0.3) is 0 Å². The molecule has 0 aromatic carbocycles. The molecule has 0 spiro atoms. The van der Waals surface area contributed by atoms with Crippen LogP contribution in [0.4, 0.5) is 17.3 Å². The van der Waals surface area contributed by atoms with Gasteiger partial charge >= 0.3 is 0 Å². The second kappa shape index (κ2) is 7.76. The summed E-state index contributed by atoms with van der Waals surface area (Å²) in [6.07, 6.45) is 6.61. The minimum atomic E-state index is -0.0420. The summed E-state index contributed by atoms with van der Waals surface area (Å²) in [4.78, 5) is 7.76. The van der Waals surface area contributed by atoms with Crippen LogP contribution in [0.3, 0.4) is 0 Å². The highest BCUT2D eigenvalue weighted by Gasteiger charge is 2.01. The molecule has 0 aliphatic carbocycles. The first kappa shape index (κ1) is 16.2. The van der Waals surface area contributed by atoms with Crippen molar-refractivity contribution in [1.29, 1.82) is 0 Å². The van der Waals surface area contributed by atoms with E-state index in [1.54, 1.807) is 41.6 Å². The monoisotopic (exact) mass is 313 g/mol. The van der Waals surface area contributed by atoms with Gasteiger partial charge in [-0.05, 0) is 12.1 Å². The van der Waals surface area contributed by atoms with Gasteiger partial charge in [-0.25, -0.2) is 9.97 Å². The molecule has 0 saturated carbocycles. The predicted octanol–water partition coefficient (Wildman–Crippen LogP) is 0.647. The van der Waals surface area contributed by atoms with Crippen molar-refractivity contribution in [2.24, 2.45) is 0 Å². The smallest absolute Gasteiger partial charge is 0.128 e. The molecule has 0 fully saturated rings. The topological polar surface area (TPSA) is 142 Å². The van der Waals surface area contributed by atoms with E-state index in [1.807, 2.05) is 12.1 Å². The third-order valence-corrected chi connectivity index (χ3v) is 3.01. The highest BCUT2D eigenvalue weighted by atomic mass is 16.3. The average Bonchev–Trinajstić information content (AvgIpc) is 2.96. The maximum absolute atomic E-state index is 8.60. The molecular formula is C15H19N7O. The van der Waals surface area contributed by atoms with Crippen LogP contribution in [-0.2, 0) is 13.2 Å². The molecule has 23 heavy (non-hydrogen) atoms. The van der Waals surface area contributed by atoms with E-state index in [1.165, 1.54) is 0 Å². The lowest BCUT2D eigenvalue weighted by Gasteiger charge is -2.03. The zero-order valence-electron chi connectivity index (χ0n) is 12.5. The Morgan fingerprint density at radius 3 is 2.00 bits per heavy atom. The van der Waals surface area contributed by atoms with E-state index in [4.69, 9.17) is 22.3 Å². The number of rotatable bonds is 3. The molecular weight excluding hydrogens is 294 g/mol. The highest BCUT2D eigenvalue weighted by Crippen LogP contribution is 2.09. The van der Waals surface area contributed by atoms with Crippen LogP contribution >= 0.6 is 0 Å². The zero-order valence-corrected chi connectivity index (χ0v) is 12.5. The number of aliphatic hydroxyl groups is 1. The fourth-order valence-corrected chi connectivity index (χ4v) is 1.81. The third-order valence-electron chi connectivity index (χ3n) is 3.01. The SMILES string of the molecule is Nc1cnn(Cc2cccnc2N)c1.Nc1ncccc1CO. The first-order valence-corrected chi connectivity index (χ1v) is 6.87. The van der Waals surface area contributed by atoms with Crippen molar-refractivity contribution in [3.05, 3.63) is 60.2 Å². The van der Waals surface area contributed by atoms with Crippen molar-refractivity contribution < 1.29 is 5.11 Å². The van der Waals surface area contributed by atoms with Crippen LogP contribution in [-0.4, -0.2) is 24.9 Å². The molecule has 0 radical (unpaired) electrons. The van der Waals surface area contributed by atoms with Crippen LogP contribution in [0.2, 0.25) is 0 Å². The summed E-state index contributed by atoms with van der Waals surface area (Å²) in [5, 5.41) is 12.7. The Labute approximate surface area is 133 Å². The molecule has 3 aromatic rings. The van der Waals surface area contributed by atoms with Gasteiger partial charge in [-0.3, -0.25) is 4.68 Å². The molecule has 7 N–H and O–H groups in total. The molecule has 3 aromatic heterocycles. The van der Waals surface area contributed by atoms with E-state index >= 15 is 0 Å². The lowest BCUT2D eigenvalue weighted by atomic mass is 10.2. The summed E-state index contributed by atoms with van der Waals surface area (Å²) in [5.41, 5.74) is 18.9. The number of nitrogens with two attached hydrogens (primary N) is 3. The van der Waals surface area contributed by atoms with Gasteiger partial charge in [-0.1, -0.05) is 12.1 Å². The summed E-state index contributed by atoms with van der Waals surface area (Å²) in [6, 6.07) is 7.24. The number of anilines is 3. The first-order chi connectivity index (χ1) is 11.1. The second-order valence-electron chi connectivity index (χ2n) is 4.72. The maximum atomic E-state index is 8.60. The Morgan fingerprint density at radius 2 is 1.57 bits per heavy atom. The molecule has 0 aliphatic heterocycles. The number of aliphatic hydroxyl groups excluding tert-OH is 1. The second-order valence-corrected chi connectivity index (χ2v) is 4.72. The van der Waals surface area contributed by atoms with Crippen molar-refractivity contribution in [2.75, 3.05) is 17.2 Å². The molecule has 3 heterocycles. The van der Waals surface area contributed by atoms with Gasteiger partial charge in [-0.15, -0.1) is 0 Å². The van der Waals surface area contributed by atoms with Gasteiger partial charge in [0.15, 0.2) is 0 Å². The minimum Gasteiger partial charge on any atom is -0.396 e. The van der Waals surface area contributed by atoms with Gasteiger partial charge in [-0.2, -0.15) is 5.10 Å². The first-order valence-electron chi connectivity index (χ1n) is 6.87. The van der Waals surface area contributed by atoms with Crippen LogP contribution in [0.5, 0.6) is 0 Å². The molecule has 0 atom stereocenters. The molecule has 0 unspecified atom stereocenters. The van der Waals surface area contributed by atoms with Gasteiger partial charge in [0.2, 0.25) is 0 Å². The maximum Gasteiger partial charge on any atom is 0.128 e. The fourth-order valence-electron chi connectivity index (χ4n) is 1.81. The van der Waals surface area contributed by atoms with Crippen LogP contribution in [0.1, 0.15) is 11.1 Å². The summed E-state index contributed by atoms with van der Waals surface area (Å²) < 4.78 is 1.72. The Bertz CT molecular complexity index is 757.